The van der Waals surface area contributed by atoms with Gasteiger partial charge in [0.1, 0.15) is 11.5 Å². The van der Waals surface area contributed by atoms with Crippen LogP contribution in [0.2, 0.25) is 5.02 Å². The first-order chi connectivity index (χ1) is 14.2. The molecular weight excluding hydrogens is 428 g/mol. The lowest BCUT2D eigenvalue weighted by molar-refractivity contribution is 0.102. The van der Waals surface area contributed by atoms with Crippen LogP contribution in [0.3, 0.4) is 0 Å². The smallest absolute Gasteiger partial charge is 0.259 e. The molecule has 0 saturated carbocycles. The number of benzene rings is 1. The van der Waals surface area contributed by atoms with Crippen LogP contribution < -0.4 is 10.0 Å². The van der Waals surface area contributed by atoms with Gasteiger partial charge >= 0.3 is 0 Å². The van der Waals surface area contributed by atoms with E-state index >= 15 is 0 Å². The van der Waals surface area contributed by atoms with Crippen LogP contribution in [0, 0.1) is 6.92 Å². The highest BCUT2D eigenvalue weighted by atomic mass is 35.5. The molecule has 1 amide bonds. The zero-order valence-corrected chi connectivity index (χ0v) is 18.0. The van der Waals surface area contributed by atoms with Gasteiger partial charge in [0.2, 0.25) is 16.0 Å². The molecule has 156 valence electrons. The van der Waals surface area contributed by atoms with Crippen molar-refractivity contribution in [3.05, 3.63) is 59.0 Å². The number of rotatable bonds is 6. The summed E-state index contributed by atoms with van der Waals surface area (Å²) in [6.45, 7) is 4.79. The van der Waals surface area contributed by atoms with E-state index in [0.29, 0.717) is 17.3 Å². The van der Waals surface area contributed by atoms with Crippen molar-refractivity contribution in [1.82, 2.24) is 19.9 Å². The summed E-state index contributed by atoms with van der Waals surface area (Å²) in [6, 6.07) is 9.56. The van der Waals surface area contributed by atoms with Gasteiger partial charge in [-0.25, -0.2) is 13.4 Å². The van der Waals surface area contributed by atoms with Gasteiger partial charge < -0.3 is 0 Å². The Labute approximate surface area is 179 Å². The lowest BCUT2D eigenvalue weighted by Gasteiger charge is -2.12. The Bertz CT molecular complexity index is 1190. The molecule has 2 N–H and O–H groups in total. The Morgan fingerprint density at radius 2 is 1.87 bits per heavy atom. The van der Waals surface area contributed by atoms with Crippen molar-refractivity contribution in [1.29, 1.82) is 0 Å². The normalized spacial score (nSPS) is 11.4. The number of aryl methyl sites for hydroxylation is 1. The van der Waals surface area contributed by atoms with Crippen LogP contribution in [-0.4, -0.2) is 39.5 Å². The number of amides is 1. The number of carbonyl (C=O) groups is 1. The Balaban J connectivity index is 1.82. The third-order valence-corrected chi connectivity index (χ3v) is 6.04. The fourth-order valence-electron chi connectivity index (χ4n) is 2.36. The average Bonchev–Trinajstić information content (AvgIpc) is 2.67. The Kier molecular flexibility index (Phi) is 6.28. The van der Waals surface area contributed by atoms with Gasteiger partial charge in [-0.1, -0.05) is 17.7 Å². The Hall–Kier alpha value is -3.11. The molecule has 0 radical (unpaired) electrons. The maximum Gasteiger partial charge on any atom is 0.259 e. The van der Waals surface area contributed by atoms with Crippen molar-refractivity contribution in [2.45, 2.75) is 26.0 Å². The van der Waals surface area contributed by atoms with Crippen molar-refractivity contribution >= 4 is 39.2 Å². The van der Waals surface area contributed by atoms with Crippen LogP contribution >= 0.6 is 11.6 Å². The predicted molar refractivity (Wildman–Crippen MR) is 115 cm³/mol. The van der Waals surface area contributed by atoms with Gasteiger partial charge in [-0.15, -0.1) is 0 Å². The highest BCUT2D eigenvalue weighted by Crippen LogP contribution is 2.23. The molecule has 2 heterocycles. The highest BCUT2D eigenvalue weighted by molar-refractivity contribution is 7.93. The number of anilines is 2. The van der Waals surface area contributed by atoms with Gasteiger partial charge in [0.25, 0.3) is 5.91 Å². The van der Waals surface area contributed by atoms with E-state index in [1.54, 1.807) is 45.2 Å². The Morgan fingerprint density at radius 1 is 1.10 bits per heavy atom. The third kappa shape index (κ3) is 5.08. The number of pyridine rings is 1. The standard InChI is InChI=1S/C19H19ClN6O3S/c1-11(2)30(28,29)26-13-7-8-14(15(20)10-13)18(27)25-19-23-12(3)22-17(24-19)16-6-4-5-9-21-16/h4-11,26H,1-3H3,(H,22,23,24,25,27). The molecule has 1 aromatic carbocycles. The number of hydrogen-bond acceptors (Lipinski definition) is 7. The van der Waals surface area contributed by atoms with Crippen LogP contribution in [-0.2, 0) is 10.0 Å². The predicted octanol–water partition coefficient (Wildman–Crippen LogP) is 3.30. The summed E-state index contributed by atoms with van der Waals surface area (Å²) in [7, 11) is -3.53. The molecule has 0 bridgehead atoms. The van der Waals surface area contributed by atoms with Gasteiger partial charge in [0, 0.05) is 6.20 Å². The van der Waals surface area contributed by atoms with Gasteiger partial charge in [-0.2, -0.15) is 9.97 Å². The summed E-state index contributed by atoms with van der Waals surface area (Å²) in [5.41, 5.74) is 0.943. The first-order valence-electron chi connectivity index (χ1n) is 8.92. The van der Waals surface area contributed by atoms with E-state index in [0.717, 1.165) is 0 Å². The molecule has 30 heavy (non-hydrogen) atoms. The van der Waals surface area contributed by atoms with Crippen molar-refractivity contribution < 1.29 is 13.2 Å². The SMILES string of the molecule is Cc1nc(NC(=O)c2ccc(NS(=O)(=O)C(C)C)cc2Cl)nc(-c2ccccn2)n1. The molecule has 0 atom stereocenters. The molecule has 0 aliphatic rings. The number of aromatic nitrogens is 4. The van der Waals surface area contributed by atoms with E-state index in [-0.39, 0.29) is 22.2 Å². The van der Waals surface area contributed by atoms with Crippen molar-refractivity contribution in [2.75, 3.05) is 10.0 Å². The second-order valence-corrected chi connectivity index (χ2v) is 9.23. The van der Waals surface area contributed by atoms with E-state index in [4.69, 9.17) is 11.6 Å². The molecule has 0 unspecified atom stereocenters. The maximum atomic E-state index is 12.6. The first-order valence-corrected chi connectivity index (χ1v) is 10.8. The van der Waals surface area contributed by atoms with Crippen LogP contribution in [0.5, 0.6) is 0 Å². The highest BCUT2D eigenvalue weighted by Gasteiger charge is 2.18. The number of hydrogen-bond donors (Lipinski definition) is 2. The molecule has 0 aliphatic heterocycles. The minimum atomic E-state index is -3.53. The van der Waals surface area contributed by atoms with Crippen LogP contribution in [0.4, 0.5) is 11.6 Å². The van der Waals surface area contributed by atoms with Crippen LogP contribution in [0.1, 0.15) is 30.0 Å². The summed E-state index contributed by atoms with van der Waals surface area (Å²) in [4.78, 5) is 29.4. The molecule has 9 nitrogen and oxygen atoms in total. The van der Waals surface area contributed by atoms with Crippen LogP contribution in [0.25, 0.3) is 11.5 Å². The van der Waals surface area contributed by atoms with E-state index in [2.05, 4.69) is 30.0 Å². The number of nitrogens with one attached hydrogen (secondary N) is 2. The summed E-state index contributed by atoms with van der Waals surface area (Å²) in [5.74, 6) is 0.234. The second kappa shape index (κ2) is 8.72. The zero-order chi connectivity index (χ0) is 21.9. The molecule has 0 saturated heterocycles. The van der Waals surface area contributed by atoms with Gasteiger partial charge in [0.05, 0.1) is 21.5 Å². The van der Waals surface area contributed by atoms with Crippen LogP contribution in [0.15, 0.2) is 42.6 Å². The van der Waals surface area contributed by atoms with E-state index in [9.17, 15) is 13.2 Å². The quantitative estimate of drug-likeness (QED) is 0.594. The topological polar surface area (TPSA) is 127 Å². The van der Waals surface area contributed by atoms with Crippen molar-refractivity contribution in [2.24, 2.45) is 0 Å². The summed E-state index contributed by atoms with van der Waals surface area (Å²) in [5, 5.41) is 2.05. The van der Waals surface area contributed by atoms with E-state index in [1.165, 1.54) is 18.2 Å². The van der Waals surface area contributed by atoms with Crippen molar-refractivity contribution in [3.8, 4) is 11.5 Å². The van der Waals surface area contributed by atoms with Gasteiger partial charge in [-0.05, 0) is 51.1 Å². The third-order valence-electron chi connectivity index (χ3n) is 3.96. The second-order valence-electron chi connectivity index (χ2n) is 6.59. The maximum absolute atomic E-state index is 12.6. The molecule has 0 aliphatic carbocycles. The molecular formula is C19H19ClN6O3S. The lowest BCUT2D eigenvalue weighted by atomic mass is 10.2. The number of nitrogens with zero attached hydrogens (tertiary/aromatic N) is 4. The molecule has 0 fully saturated rings. The molecule has 2 aromatic heterocycles. The summed E-state index contributed by atoms with van der Waals surface area (Å²) in [6.07, 6.45) is 1.61. The fourth-order valence-corrected chi connectivity index (χ4v) is 3.32. The van der Waals surface area contributed by atoms with Gasteiger partial charge in [-0.3, -0.25) is 19.8 Å². The largest absolute Gasteiger partial charge is 0.290 e. The minimum absolute atomic E-state index is 0.0498. The molecule has 3 aromatic rings. The first kappa shape index (κ1) is 21.6. The summed E-state index contributed by atoms with van der Waals surface area (Å²) >= 11 is 6.20. The van der Waals surface area contributed by atoms with Gasteiger partial charge in [0.15, 0.2) is 5.82 Å². The zero-order valence-electron chi connectivity index (χ0n) is 16.4. The summed E-state index contributed by atoms with van der Waals surface area (Å²) < 4.78 is 26.4. The average molecular weight is 447 g/mol. The molecule has 0 spiro atoms. The lowest BCUT2D eigenvalue weighted by Crippen LogP contribution is -2.22. The number of sulfonamides is 1. The molecule has 11 heteroatoms. The van der Waals surface area contributed by atoms with E-state index < -0.39 is 21.2 Å². The van der Waals surface area contributed by atoms with E-state index in [1.807, 2.05) is 0 Å². The minimum Gasteiger partial charge on any atom is -0.290 e. The van der Waals surface area contributed by atoms with Crippen molar-refractivity contribution in [3.63, 3.8) is 0 Å². The fraction of sp³-hybridized carbons (Fsp3) is 0.211. The number of carbonyl (C=O) groups excluding carboxylic acids is 1. The number of halogens is 1. The monoisotopic (exact) mass is 446 g/mol. The molecule has 3 rings (SSSR count). The Morgan fingerprint density at radius 3 is 2.50 bits per heavy atom.